The van der Waals surface area contributed by atoms with Gasteiger partial charge in [0.2, 0.25) is 0 Å². The quantitative estimate of drug-likeness (QED) is 0.529. The van der Waals surface area contributed by atoms with Gasteiger partial charge in [-0.2, -0.15) is 9.97 Å². The van der Waals surface area contributed by atoms with Crippen molar-refractivity contribution in [2.75, 3.05) is 18.2 Å². The molecule has 3 N–H and O–H groups in total. The predicted molar refractivity (Wildman–Crippen MR) is 88.9 cm³/mol. The molecule has 1 aromatic carbocycles. The van der Waals surface area contributed by atoms with Crippen molar-refractivity contribution >= 4 is 28.6 Å². The first-order chi connectivity index (χ1) is 11.2. The second-order valence-electron chi connectivity index (χ2n) is 4.98. The van der Waals surface area contributed by atoms with Crippen LogP contribution in [-0.4, -0.2) is 32.0 Å². The number of nitrogen functional groups attached to an aromatic ring is 1. The van der Waals surface area contributed by atoms with E-state index in [2.05, 4.69) is 15.0 Å². The summed E-state index contributed by atoms with van der Waals surface area (Å²) in [5.74, 6) is 0.667. The first-order valence-electron chi connectivity index (χ1n) is 7.17. The molecule has 0 saturated carbocycles. The highest BCUT2D eigenvalue weighted by Crippen LogP contribution is 2.18. The number of aromatic amines is 1. The Morgan fingerprint density at radius 3 is 2.78 bits per heavy atom. The molecule has 0 saturated heterocycles. The lowest BCUT2D eigenvalue weighted by Crippen LogP contribution is -2.17. The minimum atomic E-state index is -0.289. The fourth-order valence-electron chi connectivity index (χ4n) is 2.23. The maximum absolute atomic E-state index is 12.2. The number of alkyl halides is 1. The zero-order chi connectivity index (χ0) is 16.2. The molecule has 120 valence electrons. The molecule has 2 aromatic heterocycles. The van der Waals surface area contributed by atoms with E-state index in [9.17, 15) is 4.79 Å². The van der Waals surface area contributed by atoms with E-state index in [1.54, 1.807) is 0 Å². The monoisotopic (exact) mass is 333 g/mol. The van der Waals surface area contributed by atoms with Gasteiger partial charge in [0.25, 0.3) is 0 Å². The van der Waals surface area contributed by atoms with Crippen molar-refractivity contribution in [2.45, 2.75) is 13.0 Å². The third-order valence-electron chi connectivity index (χ3n) is 3.32. The van der Waals surface area contributed by atoms with E-state index in [-0.39, 0.29) is 17.5 Å². The SMILES string of the molecule is Nc1nc(OCCCCl)nc2c1[nH]c(=O)n2Cc1ccccc1. The van der Waals surface area contributed by atoms with Crippen LogP contribution in [0.1, 0.15) is 12.0 Å². The van der Waals surface area contributed by atoms with Crippen molar-refractivity contribution in [3.8, 4) is 6.01 Å². The summed E-state index contributed by atoms with van der Waals surface area (Å²) in [4.78, 5) is 23.2. The first kappa shape index (κ1) is 15.4. The number of fused-ring (bicyclic) bond motifs is 1. The zero-order valence-electron chi connectivity index (χ0n) is 12.3. The minimum Gasteiger partial charge on any atom is -0.463 e. The van der Waals surface area contributed by atoms with E-state index in [1.165, 1.54) is 4.57 Å². The van der Waals surface area contributed by atoms with Crippen LogP contribution < -0.4 is 16.2 Å². The average Bonchev–Trinajstić information content (AvgIpc) is 2.86. The number of halogens is 1. The largest absolute Gasteiger partial charge is 0.463 e. The van der Waals surface area contributed by atoms with Gasteiger partial charge in [-0.25, -0.2) is 4.79 Å². The molecule has 0 spiro atoms. The van der Waals surface area contributed by atoms with Crippen LogP contribution in [0.25, 0.3) is 11.2 Å². The number of hydrogen-bond acceptors (Lipinski definition) is 5. The summed E-state index contributed by atoms with van der Waals surface area (Å²) in [5.41, 5.74) is 7.43. The van der Waals surface area contributed by atoms with E-state index in [1.807, 2.05) is 30.3 Å². The number of nitrogens with one attached hydrogen (secondary N) is 1. The smallest absolute Gasteiger partial charge is 0.328 e. The zero-order valence-corrected chi connectivity index (χ0v) is 13.1. The van der Waals surface area contributed by atoms with Crippen LogP contribution in [0.3, 0.4) is 0 Å². The topological polar surface area (TPSA) is 98.8 Å². The summed E-state index contributed by atoms with van der Waals surface area (Å²) in [6.07, 6.45) is 0.673. The Morgan fingerprint density at radius 2 is 2.04 bits per heavy atom. The van der Waals surface area contributed by atoms with E-state index >= 15 is 0 Å². The molecule has 8 heteroatoms. The molecule has 0 fully saturated rings. The molecule has 3 aromatic rings. The minimum absolute atomic E-state index is 0.140. The number of nitrogens with two attached hydrogens (primary N) is 1. The van der Waals surface area contributed by atoms with Gasteiger partial charge in [0.05, 0.1) is 13.2 Å². The van der Waals surface area contributed by atoms with Crippen molar-refractivity contribution in [1.82, 2.24) is 19.5 Å². The average molecular weight is 334 g/mol. The van der Waals surface area contributed by atoms with Gasteiger partial charge < -0.3 is 15.5 Å². The summed E-state index contributed by atoms with van der Waals surface area (Å²) < 4.78 is 6.94. The summed E-state index contributed by atoms with van der Waals surface area (Å²) in [7, 11) is 0. The summed E-state index contributed by atoms with van der Waals surface area (Å²) in [6.45, 7) is 0.777. The Bertz CT molecular complexity index is 859. The highest BCUT2D eigenvalue weighted by atomic mass is 35.5. The van der Waals surface area contributed by atoms with Gasteiger partial charge in [0.1, 0.15) is 5.52 Å². The maximum atomic E-state index is 12.2. The number of nitrogens with zero attached hydrogens (tertiary/aromatic N) is 3. The van der Waals surface area contributed by atoms with E-state index in [0.717, 1.165) is 5.56 Å². The van der Waals surface area contributed by atoms with Gasteiger partial charge in [-0.1, -0.05) is 30.3 Å². The van der Waals surface area contributed by atoms with Crippen LogP contribution in [0.2, 0.25) is 0 Å². The second-order valence-corrected chi connectivity index (χ2v) is 5.36. The Labute approximate surface area is 137 Å². The molecule has 0 aliphatic carbocycles. The number of ether oxygens (including phenoxy) is 1. The standard InChI is InChI=1S/C15H16ClN5O2/c16-7-4-8-23-14-19-12(17)11-13(20-14)21(15(22)18-11)9-10-5-2-1-3-6-10/h1-3,5-6H,4,7-9H2,(H,18,22)(H2,17,19,20). The number of anilines is 1. The van der Waals surface area contributed by atoms with Crippen molar-refractivity contribution in [1.29, 1.82) is 0 Å². The third kappa shape index (κ3) is 3.29. The van der Waals surface area contributed by atoms with Crippen LogP contribution in [0.4, 0.5) is 5.82 Å². The van der Waals surface area contributed by atoms with Crippen molar-refractivity contribution in [3.05, 3.63) is 46.4 Å². The number of benzene rings is 1. The first-order valence-corrected chi connectivity index (χ1v) is 7.71. The Kier molecular flexibility index (Phi) is 4.47. The molecular weight excluding hydrogens is 318 g/mol. The molecule has 2 heterocycles. The van der Waals surface area contributed by atoms with E-state index in [4.69, 9.17) is 22.1 Å². The predicted octanol–water partition coefficient (Wildman–Crippen LogP) is 1.76. The lowest BCUT2D eigenvalue weighted by molar-refractivity contribution is 0.294. The summed E-state index contributed by atoms with van der Waals surface area (Å²) in [6, 6.07) is 9.77. The molecular formula is C15H16ClN5O2. The van der Waals surface area contributed by atoms with Crippen LogP contribution in [-0.2, 0) is 6.54 Å². The molecule has 0 unspecified atom stereocenters. The number of aromatic nitrogens is 4. The second kappa shape index (κ2) is 6.70. The number of hydrogen-bond donors (Lipinski definition) is 2. The van der Waals surface area contributed by atoms with Gasteiger partial charge in [0.15, 0.2) is 11.5 Å². The Balaban J connectivity index is 2.00. The van der Waals surface area contributed by atoms with Gasteiger partial charge in [-0.05, 0) is 12.0 Å². The highest BCUT2D eigenvalue weighted by Gasteiger charge is 2.14. The van der Waals surface area contributed by atoms with Crippen LogP contribution in [0.15, 0.2) is 35.1 Å². The summed E-state index contributed by atoms with van der Waals surface area (Å²) in [5, 5.41) is 0. The molecule has 0 bridgehead atoms. The third-order valence-corrected chi connectivity index (χ3v) is 3.59. The lowest BCUT2D eigenvalue weighted by Gasteiger charge is -2.06. The van der Waals surface area contributed by atoms with Gasteiger partial charge in [-0.3, -0.25) is 4.57 Å². The molecule has 7 nitrogen and oxygen atoms in total. The van der Waals surface area contributed by atoms with Crippen LogP contribution in [0.5, 0.6) is 6.01 Å². The fourth-order valence-corrected chi connectivity index (χ4v) is 2.34. The fraction of sp³-hybridized carbons (Fsp3) is 0.267. The number of rotatable bonds is 6. The molecule has 0 amide bonds. The van der Waals surface area contributed by atoms with Crippen LogP contribution >= 0.6 is 11.6 Å². The van der Waals surface area contributed by atoms with Gasteiger partial charge >= 0.3 is 11.7 Å². The number of H-pyrrole nitrogens is 1. The maximum Gasteiger partial charge on any atom is 0.328 e. The van der Waals surface area contributed by atoms with Gasteiger partial charge in [0, 0.05) is 5.88 Å². The number of imidazole rings is 1. The molecule has 0 radical (unpaired) electrons. The molecule has 0 aliphatic heterocycles. The summed E-state index contributed by atoms with van der Waals surface area (Å²) >= 11 is 5.62. The van der Waals surface area contributed by atoms with Crippen molar-refractivity contribution in [3.63, 3.8) is 0 Å². The molecule has 23 heavy (non-hydrogen) atoms. The molecule has 0 aliphatic rings. The normalized spacial score (nSPS) is 11.0. The molecule has 0 atom stereocenters. The molecule has 3 rings (SSSR count). The van der Waals surface area contributed by atoms with Crippen molar-refractivity contribution < 1.29 is 4.74 Å². The highest BCUT2D eigenvalue weighted by molar-refractivity contribution is 6.17. The van der Waals surface area contributed by atoms with E-state index in [0.29, 0.717) is 36.6 Å². The Morgan fingerprint density at radius 1 is 1.26 bits per heavy atom. The van der Waals surface area contributed by atoms with Crippen molar-refractivity contribution in [2.24, 2.45) is 0 Å². The van der Waals surface area contributed by atoms with E-state index < -0.39 is 0 Å². The van der Waals surface area contributed by atoms with Gasteiger partial charge in [-0.15, -0.1) is 11.6 Å². The Hall–Kier alpha value is -2.54. The van der Waals surface area contributed by atoms with Crippen LogP contribution in [0, 0.1) is 0 Å². The lowest BCUT2D eigenvalue weighted by atomic mass is 10.2.